The molecule has 130 valence electrons. The number of hydrogen-bond acceptors (Lipinski definition) is 6. The SMILES string of the molecule is CCOC(=O)c1csc2nc(Cl)nc(Nc3ccc(C(C)C)cc3)c12. The highest BCUT2D eigenvalue weighted by Gasteiger charge is 2.19. The topological polar surface area (TPSA) is 64.1 Å². The summed E-state index contributed by atoms with van der Waals surface area (Å²) in [5.41, 5.74) is 2.56. The highest BCUT2D eigenvalue weighted by molar-refractivity contribution is 7.17. The molecule has 0 amide bonds. The molecule has 0 spiro atoms. The van der Waals surface area contributed by atoms with Crippen LogP contribution in [0.1, 0.15) is 42.6 Å². The maximum atomic E-state index is 12.2. The van der Waals surface area contributed by atoms with E-state index in [1.165, 1.54) is 16.9 Å². The van der Waals surface area contributed by atoms with Crippen LogP contribution in [-0.4, -0.2) is 22.5 Å². The van der Waals surface area contributed by atoms with E-state index in [0.29, 0.717) is 34.1 Å². The number of carbonyl (C=O) groups excluding carboxylic acids is 1. The highest BCUT2D eigenvalue weighted by Crippen LogP contribution is 2.33. The number of ether oxygens (including phenoxy) is 1. The molecule has 0 radical (unpaired) electrons. The Kier molecular flexibility index (Phi) is 5.20. The van der Waals surface area contributed by atoms with Gasteiger partial charge in [0.05, 0.1) is 17.6 Å². The number of halogens is 1. The third kappa shape index (κ3) is 3.75. The quantitative estimate of drug-likeness (QED) is 0.478. The summed E-state index contributed by atoms with van der Waals surface area (Å²) in [5, 5.41) is 5.72. The van der Waals surface area contributed by atoms with Gasteiger partial charge in [-0.3, -0.25) is 0 Å². The van der Waals surface area contributed by atoms with Gasteiger partial charge in [0.25, 0.3) is 0 Å². The maximum absolute atomic E-state index is 12.2. The van der Waals surface area contributed by atoms with Crippen LogP contribution in [0.15, 0.2) is 29.6 Å². The largest absolute Gasteiger partial charge is 0.462 e. The van der Waals surface area contributed by atoms with Crippen LogP contribution in [0.5, 0.6) is 0 Å². The Hall–Kier alpha value is -2.18. The lowest BCUT2D eigenvalue weighted by atomic mass is 10.0. The number of esters is 1. The average Bonchev–Trinajstić information content (AvgIpc) is 2.99. The van der Waals surface area contributed by atoms with E-state index in [1.54, 1.807) is 12.3 Å². The van der Waals surface area contributed by atoms with Crippen LogP contribution in [0.25, 0.3) is 10.2 Å². The van der Waals surface area contributed by atoms with Gasteiger partial charge in [-0.25, -0.2) is 9.78 Å². The number of rotatable bonds is 5. The van der Waals surface area contributed by atoms with E-state index in [9.17, 15) is 4.79 Å². The maximum Gasteiger partial charge on any atom is 0.339 e. The molecule has 0 unspecified atom stereocenters. The fraction of sp³-hybridized carbons (Fsp3) is 0.278. The van der Waals surface area contributed by atoms with Crippen LogP contribution >= 0.6 is 22.9 Å². The number of nitrogens with one attached hydrogen (secondary N) is 1. The summed E-state index contributed by atoms with van der Waals surface area (Å²) < 4.78 is 5.12. The van der Waals surface area contributed by atoms with Gasteiger partial charge in [0.15, 0.2) is 0 Å². The Morgan fingerprint density at radius 1 is 1.28 bits per heavy atom. The van der Waals surface area contributed by atoms with Crippen LogP contribution in [-0.2, 0) is 4.74 Å². The fourth-order valence-electron chi connectivity index (χ4n) is 2.45. The molecule has 0 saturated carbocycles. The van der Waals surface area contributed by atoms with Crippen LogP contribution in [0.3, 0.4) is 0 Å². The number of fused-ring (bicyclic) bond motifs is 1. The van der Waals surface area contributed by atoms with E-state index in [4.69, 9.17) is 16.3 Å². The zero-order valence-corrected chi connectivity index (χ0v) is 15.7. The fourth-order valence-corrected chi connectivity index (χ4v) is 3.58. The Labute approximate surface area is 155 Å². The third-order valence-corrected chi connectivity index (χ3v) is 4.78. The number of anilines is 2. The van der Waals surface area contributed by atoms with E-state index in [-0.39, 0.29) is 5.28 Å². The number of benzene rings is 1. The van der Waals surface area contributed by atoms with Gasteiger partial charge in [-0.05, 0) is 42.1 Å². The molecule has 0 aliphatic carbocycles. The van der Waals surface area contributed by atoms with Gasteiger partial charge in [-0.2, -0.15) is 4.98 Å². The number of hydrogen-bond donors (Lipinski definition) is 1. The average molecular weight is 376 g/mol. The summed E-state index contributed by atoms with van der Waals surface area (Å²) in [6.45, 7) is 6.37. The highest BCUT2D eigenvalue weighted by atomic mass is 35.5. The van der Waals surface area contributed by atoms with Crippen molar-refractivity contribution >= 4 is 50.6 Å². The first-order valence-corrected chi connectivity index (χ1v) is 9.24. The Morgan fingerprint density at radius 2 is 2.00 bits per heavy atom. The molecule has 0 bridgehead atoms. The Morgan fingerprint density at radius 3 is 2.64 bits per heavy atom. The lowest BCUT2D eigenvalue weighted by Crippen LogP contribution is -2.05. The van der Waals surface area contributed by atoms with Gasteiger partial charge < -0.3 is 10.1 Å². The van der Waals surface area contributed by atoms with Crippen molar-refractivity contribution in [2.45, 2.75) is 26.7 Å². The molecule has 5 nitrogen and oxygen atoms in total. The summed E-state index contributed by atoms with van der Waals surface area (Å²) >= 11 is 7.37. The van der Waals surface area contributed by atoms with E-state index in [0.717, 1.165) is 5.69 Å². The molecule has 1 N–H and O–H groups in total. The van der Waals surface area contributed by atoms with E-state index in [2.05, 4.69) is 41.3 Å². The van der Waals surface area contributed by atoms with E-state index >= 15 is 0 Å². The van der Waals surface area contributed by atoms with Crippen molar-refractivity contribution in [3.05, 3.63) is 46.1 Å². The van der Waals surface area contributed by atoms with E-state index in [1.807, 2.05) is 12.1 Å². The lowest BCUT2D eigenvalue weighted by Gasteiger charge is -2.10. The van der Waals surface area contributed by atoms with Gasteiger partial charge in [0.1, 0.15) is 10.6 Å². The molecule has 1 aromatic carbocycles. The molecule has 2 aromatic heterocycles. The minimum atomic E-state index is -0.391. The summed E-state index contributed by atoms with van der Waals surface area (Å²) in [6.07, 6.45) is 0. The number of carbonyl (C=O) groups is 1. The van der Waals surface area contributed by atoms with Crippen molar-refractivity contribution in [1.82, 2.24) is 9.97 Å². The van der Waals surface area contributed by atoms with Crippen LogP contribution in [0, 0.1) is 0 Å². The summed E-state index contributed by atoms with van der Waals surface area (Å²) in [4.78, 5) is 21.3. The zero-order chi connectivity index (χ0) is 18.0. The molecule has 0 aliphatic rings. The van der Waals surface area contributed by atoms with Gasteiger partial charge in [0.2, 0.25) is 5.28 Å². The molecule has 3 aromatic rings. The molecular weight excluding hydrogens is 358 g/mol. The second-order valence-electron chi connectivity index (χ2n) is 5.79. The van der Waals surface area contributed by atoms with Gasteiger partial charge in [-0.15, -0.1) is 11.3 Å². The molecule has 7 heteroatoms. The monoisotopic (exact) mass is 375 g/mol. The molecular formula is C18H18ClN3O2S. The summed E-state index contributed by atoms with van der Waals surface area (Å²) in [7, 11) is 0. The number of nitrogens with zero attached hydrogens (tertiary/aromatic N) is 2. The van der Waals surface area contributed by atoms with Crippen molar-refractivity contribution in [3.8, 4) is 0 Å². The minimum Gasteiger partial charge on any atom is -0.462 e. The summed E-state index contributed by atoms with van der Waals surface area (Å²) in [5.74, 6) is 0.566. The molecule has 3 rings (SSSR count). The van der Waals surface area contributed by atoms with Gasteiger partial charge in [0, 0.05) is 11.1 Å². The molecule has 2 heterocycles. The normalized spacial score (nSPS) is 11.1. The first-order valence-electron chi connectivity index (χ1n) is 7.98. The Balaban J connectivity index is 2.02. The molecule has 0 atom stereocenters. The second-order valence-corrected chi connectivity index (χ2v) is 6.99. The molecule has 25 heavy (non-hydrogen) atoms. The van der Waals surface area contributed by atoms with Crippen molar-refractivity contribution in [2.75, 3.05) is 11.9 Å². The van der Waals surface area contributed by atoms with Gasteiger partial charge >= 0.3 is 5.97 Å². The Bertz CT molecular complexity index is 907. The van der Waals surface area contributed by atoms with Gasteiger partial charge in [-0.1, -0.05) is 26.0 Å². The summed E-state index contributed by atoms with van der Waals surface area (Å²) in [6, 6.07) is 8.08. The predicted molar refractivity (Wildman–Crippen MR) is 102 cm³/mol. The number of thiophene rings is 1. The van der Waals surface area contributed by atoms with Crippen molar-refractivity contribution in [1.29, 1.82) is 0 Å². The first kappa shape index (κ1) is 17.6. The van der Waals surface area contributed by atoms with E-state index < -0.39 is 5.97 Å². The van der Waals surface area contributed by atoms with Crippen molar-refractivity contribution < 1.29 is 9.53 Å². The van der Waals surface area contributed by atoms with Crippen molar-refractivity contribution in [3.63, 3.8) is 0 Å². The zero-order valence-electron chi connectivity index (χ0n) is 14.2. The first-order chi connectivity index (χ1) is 12.0. The van der Waals surface area contributed by atoms with Crippen LogP contribution in [0.4, 0.5) is 11.5 Å². The minimum absolute atomic E-state index is 0.131. The third-order valence-electron chi connectivity index (χ3n) is 3.74. The van der Waals surface area contributed by atoms with Crippen LogP contribution in [0.2, 0.25) is 5.28 Å². The van der Waals surface area contributed by atoms with Crippen molar-refractivity contribution in [2.24, 2.45) is 0 Å². The number of aromatic nitrogens is 2. The lowest BCUT2D eigenvalue weighted by molar-refractivity contribution is 0.0529. The predicted octanol–water partition coefficient (Wildman–Crippen LogP) is 5.39. The molecule has 0 saturated heterocycles. The van der Waals surface area contributed by atoms with Crippen LogP contribution < -0.4 is 5.32 Å². The smallest absolute Gasteiger partial charge is 0.339 e. The molecule has 0 aliphatic heterocycles. The molecule has 0 fully saturated rings. The standard InChI is InChI=1S/C18H18ClN3O2S/c1-4-24-17(23)13-9-25-16-14(13)15(21-18(19)22-16)20-12-7-5-11(6-8-12)10(2)3/h5-10H,4H2,1-3H3,(H,20,21,22). The second kappa shape index (κ2) is 7.37.